The van der Waals surface area contributed by atoms with E-state index >= 15 is 0 Å². The first-order valence-corrected chi connectivity index (χ1v) is 15.7. The van der Waals surface area contributed by atoms with Gasteiger partial charge in [0.1, 0.15) is 0 Å². The third kappa shape index (κ3) is 5.76. The topological polar surface area (TPSA) is 83.5 Å². The second-order valence-corrected chi connectivity index (χ2v) is 13.1. The average molecular weight is 563 g/mol. The van der Waals surface area contributed by atoms with Crippen molar-refractivity contribution in [3.8, 4) is 0 Å². The van der Waals surface area contributed by atoms with Gasteiger partial charge in [0.2, 0.25) is 10.0 Å². The molecule has 4 aromatic rings. The number of anilines is 1. The molecule has 9 heteroatoms. The number of rotatable bonds is 8. The smallest absolute Gasteiger partial charge is 0.260 e. The van der Waals surface area contributed by atoms with Crippen molar-refractivity contribution < 1.29 is 13.2 Å². The molecule has 204 valence electrons. The van der Waals surface area contributed by atoms with Crippen LogP contribution in [0.2, 0.25) is 0 Å². The van der Waals surface area contributed by atoms with Crippen LogP contribution in [-0.4, -0.2) is 41.2 Å². The molecular weight excluding hydrogens is 528 g/mol. The molecule has 2 aromatic heterocycles. The summed E-state index contributed by atoms with van der Waals surface area (Å²) in [6, 6.07) is 14.3. The zero-order valence-corrected chi connectivity index (χ0v) is 24.3. The van der Waals surface area contributed by atoms with Crippen molar-refractivity contribution in [3.05, 3.63) is 83.2 Å². The highest BCUT2D eigenvalue weighted by atomic mass is 32.2. The molecule has 1 fully saturated rings. The zero-order chi connectivity index (χ0) is 27.6. The van der Waals surface area contributed by atoms with Crippen molar-refractivity contribution in [1.82, 2.24) is 14.3 Å². The Morgan fingerprint density at radius 1 is 1.05 bits per heavy atom. The molecule has 7 nitrogen and oxygen atoms in total. The molecule has 39 heavy (non-hydrogen) atoms. The quantitative estimate of drug-likeness (QED) is 0.245. The molecule has 0 atom stereocenters. The lowest BCUT2D eigenvalue weighted by molar-refractivity contribution is 0.0985. The molecule has 0 aliphatic heterocycles. The molecule has 1 saturated carbocycles. The van der Waals surface area contributed by atoms with Crippen molar-refractivity contribution in [1.29, 1.82) is 0 Å². The Balaban J connectivity index is 1.47. The van der Waals surface area contributed by atoms with Crippen molar-refractivity contribution in [2.24, 2.45) is 0 Å². The number of amides is 1. The summed E-state index contributed by atoms with van der Waals surface area (Å²) in [5, 5.41) is 0.596. The van der Waals surface area contributed by atoms with Gasteiger partial charge in [-0.1, -0.05) is 49.7 Å². The second-order valence-electron chi connectivity index (χ2n) is 10.2. The SMILES string of the molecule is CCN(C1CCCCC1)S(=O)(=O)c1ccc(C(=O)N(Cc2cccnc2)c2nc3c(C)cc(C)cc3s2)cc1. The van der Waals surface area contributed by atoms with Crippen LogP contribution in [-0.2, 0) is 16.6 Å². The number of thiazole rings is 1. The minimum Gasteiger partial charge on any atom is -0.279 e. The van der Waals surface area contributed by atoms with E-state index in [2.05, 4.69) is 17.1 Å². The van der Waals surface area contributed by atoms with Crippen molar-refractivity contribution in [2.45, 2.75) is 70.4 Å². The Kier molecular flexibility index (Phi) is 8.11. The number of aromatic nitrogens is 2. The van der Waals surface area contributed by atoms with E-state index in [0.717, 1.165) is 59.0 Å². The van der Waals surface area contributed by atoms with Crippen LogP contribution in [0.25, 0.3) is 10.2 Å². The van der Waals surface area contributed by atoms with Gasteiger partial charge < -0.3 is 0 Å². The predicted octanol–water partition coefficient (Wildman–Crippen LogP) is 6.50. The highest BCUT2D eigenvalue weighted by Crippen LogP contribution is 2.34. The Hall–Kier alpha value is -3.14. The number of nitrogens with zero attached hydrogens (tertiary/aromatic N) is 4. The van der Waals surface area contributed by atoms with E-state index in [1.807, 2.05) is 32.9 Å². The van der Waals surface area contributed by atoms with E-state index in [-0.39, 0.29) is 16.8 Å². The van der Waals surface area contributed by atoms with E-state index in [1.165, 1.54) is 11.3 Å². The second kappa shape index (κ2) is 11.5. The van der Waals surface area contributed by atoms with Gasteiger partial charge in [-0.05, 0) is 79.8 Å². The summed E-state index contributed by atoms with van der Waals surface area (Å²) in [6.07, 6.45) is 8.51. The monoisotopic (exact) mass is 562 g/mol. The summed E-state index contributed by atoms with van der Waals surface area (Å²) < 4.78 is 29.7. The van der Waals surface area contributed by atoms with Crippen molar-refractivity contribution in [2.75, 3.05) is 11.4 Å². The van der Waals surface area contributed by atoms with Gasteiger partial charge in [0.25, 0.3) is 5.91 Å². The van der Waals surface area contributed by atoms with E-state index in [1.54, 1.807) is 45.9 Å². The number of hydrogen-bond acceptors (Lipinski definition) is 6. The number of carbonyl (C=O) groups is 1. The Morgan fingerprint density at radius 2 is 1.79 bits per heavy atom. The normalized spacial score (nSPS) is 14.7. The molecule has 2 heterocycles. The van der Waals surface area contributed by atoms with Crippen molar-refractivity contribution >= 4 is 42.6 Å². The van der Waals surface area contributed by atoms with E-state index in [9.17, 15) is 13.2 Å². The van der Waals surface area contributed by atoms with Crippen LogP contribution >= 0.6 is 11.3 Å². The van der Waals surface area contributed by atoms with Gasteiger partial charge in [0.05, 0.1) is 21.7 Å². The predicted molar refractivity (Wildman–Crippen MR) is 157 cm³/mol. The summed E-state index contributed by atoms with van der Waals surface area (Å²) in [6.45, 7) is 6.70. The molecule has 0 unspecified atom stereocenters. The molecule has 5 rings (SSSR count). The number of carbonyl (C=O) groups excluding carboxylic acids is 1. The first-order chi connectivity index (χ1) is 18.8. The molecule has 1 aliphatic rings. The van der Waals surface area contributed by atoms with Gasteiger partial charge in [-0.3, -0.25) is 14.7 Å². The molecule has 0 bridgehead atoms. The van der Waals surface area contributed by atoms with Crippen molar-refractivity contribution in [3.63, 3.8) is 0 Å². The summed E-state index contributed by atoms with van der Waals surface area (Å²) in [5.41, 5.74) is 4.38. The maximum atomic E-state index is 13.9. The third-order valence-electron chi connectivity index (χ3n) is 7.36. The highest BCUT2D eigenvalue weighted by Gasteiger charge is 2.31. The van der Waals surface area contributed by atoms with Gasteiger partial charge in [0, 0.05) is 30.5 Å². The summed E-state index contributed by atoms with van der Waals surface area (Å²) in [4.78, 5) is 24.8. The third-order valence-corrected chi connectivity index (χ3v) is 10.4. The van der Waals surface area contributed by atoms with Gasteiger partial charge in [-0.2, -0.15) is 4.31 Å². The molecule has 1 aliphatic carbocycles. The fourth-order valence-corrected chi connectivity index (χ4v) is 8.26. The molecule has 0 saturated heterocycles. The highest BCUT2D eigenvalue weighted by molar-refractivity contribution is 7.89. The van der Waals surface area contributed by atoms with E-state index in [4.69, 9.17) is 4.98 Å². The van der Waals surface area contributed by atoms with Crippen LogP contribution in [0.1, 0.15) is 66.1 Å². The minimum absolute atomic E-state index is 0.0381. The van der Waals surface area contributed by atoms with Crippen LogP contribution in [0.4, 0.5) is 5.13 Å². The van der Waals surface area contributed by atoms with Gasteiger partial charge in [0.15, 0.2) is 5.13 Å². The molecular formula is C30H34N4O3S2. The fourth-order valence-electron chi connectivity index (χ4n) is 5.43. The number of benzene rings is 2. The van der Waals surface area contributed by atoms with Gasteiger partial charge in [-0.25, -0.2) is 13.4 Å². The maximum Gasteiger partial charge on any atom is 0.260 e. The van der Waals surface area contributed by atoms with E-state index < -0.39 is 10.0 Å². The van der Waals surface area contributed by atoms with Crippen LogP contribution < -0.4 is 4.90 Å². The fraction of sp³-hybridized carbons (Fsp3) is 0.367. The standard InChI is InChI=1S/C30H34N4O3S2/c1-4-34(25-10-6-5-7-11-25)39(36,37)26-14-12-24(13-15-26)29(35)33(20-23-9-8-16-31-19-23)30-32-28-22(3)17-21(2)18-27(28)38-30/h8-9,12-19,25H,4-7,10-11,20H2,1-3H3. The van der Waals surface area contributed by atoms with Crippen LogP contribution in [0.5, 0.6) is 0 Å². The summed E-state index contributed by atoms with van der Waals surface area (Å²) >= 11 is 1.48. The maximum absolute atomic E-state index is 13.9. The number of aryl methyl sites for hydroxylation is 2. The van der Waals surface area contributed by atoms with Gasteiger partial charge in [-0.15, -0.1) is 0 Å². The molecule has 0 spiro atoms. The molecule has 0 radical (unpaired) electrons. The first kappa shape index (κ1) is 27.4. The lowest BCUT2D eigenvalue weighted by Gasteiger charge is -2.32. The van der Waals surface area contributed by atoms with Crippen LogP contribution in [0, 0.1) is 13.8 Å². The average Bonchev–Trinajstić information content (AvgIpc) is 3.37. The number of fused-ring (bicyclic) bond motifs is 1. The van der Waals surface area contributed by atoms with Crippen LogP contribution in [0.15, 0.2) is 65.8 Å². The molecule has 0 N–H and O–H groups in total. The molecule has 1 amide bonds. The van der Waals surface area contributed by atoms with E-state index in [0.29, 0.717) is 23.8 Å². The summed E-state index contributed by atoms with van der Waals surface area (Å²) in [7, 11) is -3.65. The number of pyridine rings is 1. The Bertz CT molecular complexity index is 1560. The minimum atomic E-state index is -3.65. The number of hydrogen-bond donors (Lipinski definition) is 0. The number of sulfonamides is 1. The lowest BCUT2D eigenvalue weighted by Crippen LogP contribution is -2.41. The first-order valence-electron chi connectivity index (χ1n) is 13.5. The Morgan fingerprint density at radius 3 is 2.46 bits per heavy atom. The zero-order valence-electron chi connectivity index (χ0n) is 22.6. The largest absolute Gasteiger partial charge is 0.279 e. The summed E-state index contributed by atoms with van der Waals surface area (Å²) in [5.74, 6) is -0.240. The van der Waals surface area contributed by atoms with Gasteiger partial charge >= 0.3 is 0 Å². The Labute approximate surface area is 234 Å². The lowest BCUT2D eigenvalue weighted by atomic mass is 9.95. The molecule has 2 aromatic carbocycles. The van der Waals surface area contributed by atoms with Crippen LogP contribution in [0.3, 0.4) is 0 Å².